The van der Waals surface area contributed by atoms with E-state index in [-0.39, 0.29) is 22.5 Å². The third kappa shape index (κ3) is 4.41. The third-order valence-electron chi connectivity index (χ3n) is 5.54. The molecule has 0 atom stereocenters. The van der Waals surface area contributed by atoms with Crippen LogP contribution in [-0.2, 0) is 4.74 Å². The maximum atomic E-state index is 8.75. The summed E-state index contributed by atoms with van der Waals surface area (Å²) in [5, 5.41) is 8.75. The van der Waals surface area contributed by atoms with E-state index < -0.39 is 0 Å². The van der Waals surface area contributed by atoms with E-state index in [1.165, 1.54) is 6.33 Å². The number of benzene rings is 1. The van der Waals surface area contributed by atoms with Crippen molar-refractivity contribution < 1.29 is 9.47 Å². The van der Waals surface area contributed by atoms with Crippen LogP contribution in [0.1, 0.15) is 58.7 Å². The van der Waals surface area contributed by atoms with E-state index in [9.17, 15) is 0 Å². The molecule has 0 radical (unpaired) electrons. The molecule has 2 heterocycles. The summed E-state index contributed by atoms with van der Waals surface area (Å²) < 4.78 is 12.2. The van der Waals surface area contributed by atoms with Crippen molar-refractivity contribution in [2.45, 2.75) is 64.3 Å². The van der Waals surface area contributed by atoms with E-state index in [0.717, 1.165) is 24.4 Å². The molecular weight excluding hydrogens is 378 g/mol. The second kappa shape index (κ2) is 6.94. The second-order valence-electron chi connectivity index (χ2n) is 9.91. The first-order valence-electron chi connectivity index (χ1n) is 10.4. The molecular formula is C23H31N5O2. The molecule has 2 fully saturated rings. The van der Waals surface area contributed by atoms with E-state index in [1.54, 1.807) is 6.07 Å². The van der Waals surface area contributed by atoms with Crippen LogP contribution in [0.3, 0.4) is 0 Å². The minimum atomic E-state index is -0.296. The first kappa shape index (κ1) is 20.6. The standard InChI is InChI=1S/C23H31N5O2/c1-21(2)12-28(13-22(3,4)30-21)19-11-18(26-14-27-19)20(25)16-10-15(6-7-17(16)24)29-23(5)8-9-23/h6-7,10-11,14,25H,8-9,12-13,24H2,1-5H3. The molecule has 7 nitrogen and oxygen atoms in total. The number of nitrogens with zero attached hydrogens (tertiary/aromatic N) is 3. The lowest BCUT2D eigenvalue weighted by Crippen LogP contribution is -2.57. The van der Waals surface area contributed by atoms with Gasteiger partial charge in [-0.15, -0.1) is 0 Å². The summed E-state index contributed by atoms with van der Waals surface area (Å²) in [6.07, 6.45) is 3.60. The average Bonchev–Trinajstić information content (AvgIpc) is 3.37. The Hall–Kier alpha value is -2.67. The summed E-state index contributed by atoms with van der Waals surface area (Å²) in [6, 6.07) is 7.35. The fourth-order valence-corrected chi connectivity index (χ4v) is 4.12. The van der Waals surface area contributed by atoms with Crippen LogP contribution in [0.15, 0.2) is 30.6 Å². The van der Waals surface area contributed by atoms with Gasteiger partial charge in [-0.2, -0.15) is 0 Å². The monoisotopic (exact) mass is 409 g/mol. The molecule has 0 spiro atoms. The molecule has 7 heteroatoms. The van der Waals surface area contributed by atoms with Crippen molar-refractivity contribution in [3.8, 4) is 5.75 Å². The van der Waals surface area contributed by atoms with E-state index in [0.29, 0.717) is 30.0 Å². The maximum Gasteiger partial charge on any atom is 0.132 e. The molecule has 1 aromatic heterocycles. The molecule has 1 saturated heterocycles. The SMILES string of the molecule is CC1(C)CN(c2cc(C(=N)c3cc(OC4(C)CC4)ccc3N)ncn2)CC(C)(C)O1. The Morgan fingerprint density at radius 3 is 2.37 bits per heavy atom. The number of nitrogens with two attached hydrogens (primary N) is 1. The van der Waals surface area contributed by atoms with Crippen molar-refractivity contribution in [3.05, 3.63) is 41.9 Å². The van der Waals surface area contributed by atoms with Gasteiger partial charge in [0.15, 0.2) is 0 Å². The van der Waals surface area contributed by atoms with Crippen molar-refractivity contribution in [2.75, 3.05) is 23.7 Å². The lowest BCUT2D eigenvalue weighted by atomic mass is 9.98. The Balaban J connectivity index is 1.61. The Morgan fingerprint density at radius 2 is 1.73 bits per heavy atom. The minimum Gasteiger partial charge on any atom is -0.488 e. The molecule has 4 rings (SSSR count). The van der Waals surface area contributed by atoms with Gasteiger partial charge in [0.05, 0.1) is 22.6 Å². The zero-order chi connectivity index (χ0) is 21.7. The van der Waals surface area contributed by atoms with Gasteiger partial charge in [0.1, 0.15) is 23.5 Å². The van der Waals surface area contributed by atoms with Crippen molar-refractivity contribution in [3.63, 3.8) is 0 Å². The molecule has 1 aromatic carbocycles. The molecule has 2 aromatic rings. The number of hydrogen-bond donors (Lipinski definition) is 2. The molecule has 2 aliphatic rings. The largest absolute Gasteiger partial charge is 0.488 e. The molecule has 160 valence electrons. The van der Waals surface area contributed by atoms with Crippen LogP contribution in [-0.4, -0.2) is 45.6 Å². The quantitative estimate of drug-likeness (QED) is 0.576. The second-order valence-corrected chi connectivity index (χ2v) is 9.91. The molecule has 1 aliphatic heterocycles. The zero-order valence-electron chi connectivity index (χ0n) is 18.5. The lowest BCUT2D eigenvalue weighted by molar-refractivity contribution is -0.133. The number of nitrogens with one attached hydrogen (secondary N) is 1. The van der Waals surface area contributed by atoms with Crippen molar-refractivity contribution in [1.82, 2.24) is 9.97 Å². The molecule has 0 amide bonds. The van der Waals surface area contributed by atoms with Crippen LogP contribution in [0, 0.1) is 5.41 Å². The summed E-state index contributed by atoms with van der Waals surface area (Å²) in [5.41, 5.74) is 7.44. The highest BCUT2D eigenvalue weighted by molar-refractivity contribution is 6.13. The molecule has 3 N–H and O–H groups in total. The molecule has 0 unspecified atom stereocenters. The Labute approximate surface area is 178 Å². The number of ether oxygens (including phenoxy) is 2. The normalized spacial score (nSPS) is 21.2. The summed E-state index contributed by atoms with van der Waals surface area (Å²) in [7, 11) is 0. The van der Waals surface area contributed by atoms with Gasteiger partial charge in [-0.05, 0) is 65.7 Å². The topological polar surface area (TPSA) is 97.4 Å². The van der Waals surface area contributed by atoms with Crippen molar-refractivity contribution >= 4 is 17.2 Å². The van der Waals surface area contributed by atoms with Crippen LogP contribution in [0.5, 0.6) is 5.75 Å². The van der Waals surface area contributed by atoms with Crippen LogP contribution in [0.2, 0.25) is 0 Å². The fraction of sp³-hybridized carbons (Fsp3) is 0.522. The molecule has 30 heavy (non-hydrogen) atoms. The Bertz CT molecular complexity index is 965. The van der Waals surface area contributed by atoms with E-state index >= 15 is 0 Å². The smallest absolute Gasteiger partial charge is 0.132 e. The number of anilines is 2. The molecule has 0 bridgehead atoms. The number of hydrogen-bond acceptors (Lipinski definition) is 7. The number of rotatable bonds is 5. The Kier molecular flexibility index (Phi) is 4.77. The summed E-state index contributed by atoms with van der Waals surface area (Å²) >= 11 is 0. The van der Waals surface area contributed by atoms with Gasteiger partial charge >= 0.3 is 0 Å². The third-order valence-corrected chi connectivity index (χ3v) is 5.54. The van der Waals surface area contributed by atoms with Crippen molar-refractivity contribution in [2.24, 2.45) is 0 Å². The van der Waals surface area contributed by atoms with E-state index in [4.69, 9.17) is 20.6 Å². The van der Waals surface area contributed by atoms with Gasteiger partial charge in [-0.1, -0.05) is 0 Å². The molecule has 1 saturated carbocycles. The van der Waals surface area contributed by atoms with Gasteiger partial charge in [0.25, 0.3) is 0 Å². The fourth-order valence-electron chi connectivity index (χ4n) is 4.12. The number of morpholine rings is 1. The summed E-state index contributed by atoms with van der Waals surface area (Å²) in [6.45, 7) is 11.8. The van der Waals surface area contributed by atoms with Gasteiger partial charge in [-0.25, -0.2) is 9.97 Å². The van der Waals surface area contributed by atoms with Gasteiger partial charge in [0.2, 0.25) is 0 Å². The van der Waals surface area contributed by atoms with Gasteiger partial charge < -0.3 is 20.1 Å². The van der Waals surface area contributed by atoms with Crippen LogP contribution >= 0.6 is 0 Å². The highest BCUT2D eigenvalue weighted by Gasteiger charge is 2.40. The van der Waals surface area contributed by atoms with Gasteiger partial charge in [0, 0.05) is 30.4 Å². The first-order valence-corrected chi connectivity index (χ1v) is 10.4. The number of aromatic nitrogens is 2. The first-order chi connectivity index (χ1) is 14.0. The van der Waals surface area contributed by atoms with Crippen molar-refractivity contribution in [1.29, 1.82) is 5.41 Å². The van der Waals surface area contributed by atoms with Crippen LogP contribution in [0.4, 0.5) is 11.5 Å². The van der Waals surface area contributed by atoms with Crippen LogP contribution in [0.25, 0.3) is 0 Å². The predicted molar refractivity (Wildman–Crippen MR) is 119 cm³/mol. The Morgan fingerprint density at radius 1 is 1.07 bits per heavy atom. The lowest BCUT2D eigenvalue weighted by Gasteiger charge is -2.47. The van der Waals surface area contributed by atoms with E-state index in [2.05, 4.69) is 49.5 Å². The molecule has 1 aliphatic carbocycles. The minimum absolute atomic E-state index is 0.0897. The average molecular weight is 410 g/mol. The predicted octanol–water partition coefficient (Wildman–Crippen LogP) is 3.80. The highest BCUT2D eigenvalue weighted by Crippen LogP contribution is 2.40. The maximum absolute atomic E-state index is 8.75. The van der Waals surface area contributed by atoms with Gasteiger partial charge in [-0.3, -0.25) is 5.41 Å². The number of nitrogen functional groups attached to an aromatic ring is 1. The highest BCUT2D eigenvalue weighted by atomic mass is 16.5. The van der Waals surface area contributed by atoms with Crippen LogP contribution < -0.4 is 15.4 Å². The zero-order valence-corrected chi connectivity index (χ0v) is 18.5. The summed E-state index contributed by atoms with van der Waals surface area (Å²) in [5.74, 6) is 1.51. The van der Waals surface area contributed by atoms with E-state index in [1.807, 2.05) is 18.2 Å². The summed E-state index contributed by atoms with van der Waals surface area (Å²) in [4.78, 5) is 11.0.